The second-order valence-corrected chi connectivity index (χ2v) is 9.57. The van der Waals surface area contributed by atoms with Gasteiger partial charge in [-0.25, -0.2) is 9.80 Å². The van der Waals surface area contributed by atoms with E-state index < -0.39 is 0 Å². The summed E-state index contributed by atoms with van der Waals surface area (Å²) in [7, 11) is 0. The van der Waals surface area contributed by atoms with E-state index in [0.717, 1.165) is 57.3 Å². The number of nitrogens with one attached hydrogen (secondary N) is 2. The van der Waals surface area contributed by atoms with E-state index >= 15 is 0 Å². The van der Waals surface area contributed by atoms with Gasteiger partial charge in [-0.15, -0.1) is 0 Å². The zero-order chi connectivity index (χ0) is 24.0. The summed E-state index contributed by atoms with van der Waals surface area (Å²) in [4.78, 5) is 13.3. The zero-order valence-corrected chi connectivity index (χ0v) is 19.8. The highest BCUT2D eigenvalue weighted by atomic mass is 16.6. The number of hydrogen-bond acceptors (Lipinski definition) is 5. The molecule has 0 atom stereocenters. The van der Waals surface area contributed by atoms with Crippen molar-refractivity contribution >= 4 is 23.0 Å². The molecule has 0 radical (unpaired) electrons. The van der Waals surface area contributed by atoms with E-state index in [-0.39, 0.29) is 11.6 Å². The van der Waals surface area contributed by atoms with Crippen LogP contribution in [0.25, 0.3) is 11.3 Å². The van der Waals surface area contributed by atoms with Crippen molar-refractivity contribution in [2.24, 2.45) is 0 Å². The molecule has 0 unspecified atom stereocenters. The molecule has 7 nitrogen and oxygen atoms in total. The zero-order valence-electron chi connectivity index (χ0n) is 19.8. The number of hydrazine groups is 1. The first-order valence-electron chi connectivity index (χ1n) is 11.8. The van der Waals surface area contributed by atoms with Gasteiger partial charge in [0.15, 0.2) is 11.5 Å². The molecular formula is C28H27N3O4. The van der Waals surface area contributed by atoms with E-state index in [1.165, 1.54) is 0 Å². The summed E-state index contributed by atoms with van der Waals surface area (Å²) >= 11 is 0. The Kier molecular flexibility index (Phi) is 5.06. The molecule has 35 heavy (non-hydrogen) atoms. The lowest BCUT2D eigenvalue weighted by Crippen LogP contribution is -2.40. The molecule has 0 bridgehead atoms. The molecule has 2 amide bonds. The summed E-state index contributed by atoms with van der Waals surface area (Å²) in [6.07, 6.45) is 0.808. The van der Waals surface area contributed by atoms with Crippen LogP contribution >= 0.6 is 0 Å². The Bertz CT molecular complexity index is 1330. The minimum absolute atomic E-state index is 0.228. The fourth-order valence-electron chi connectivity index (χ4n) is 4.79. The van der Waals surface area contributed by atoms with Gasteiger partial charge in [0.1, 0.15) is 24.6 Å². The van der Waals surface area contributed by atoms with Crippen LogP contribution < -0.4 is 25.0 Å². The first-order chi connectivity index (χ1) is 16.9. The first kappa shape index (κ1) is 21.4. The Morgan fingerprint density at radius 2 is 1.69 bits per heavy atom. The number of nitrogens with zero attached hydrogens (tertiary/aromatic N) is 1. The lowest BCUT2D eigenvalue weighted by atomic mass is 10.00. The number of urea groups is 1. The predicted octanol–water partition coefficient (Wildman–Crippen LogP) is 5.09. The average Bonchev–Trinajstić information content (AvgIpc) is 3.44. The number of carbonyl (C=O) groups excluding carboxylic acids is 1. The van der Waals surface area contributed by atoms with Crippen molar-refractivity contribution < 1.29 is 19.0 Å². The SMILES string of the molecule is CC1(C)Cc2cc(NC(=O)N3CC(c4ccc5c(c4)OCCO5)=C(c4ccccc4)N3)ccc2O1. The summed E-state index contributed by atoms with van der Waals surface area (Å²) in [6.45, 7) is 5.60. The van der Waals surface area contributed by atoms with Crippen LogP contribution in [0.15, 0.2) is 66.7 Å². The fraction of sp³-hybridized carbons (Fsp3) is 0.250. The van der Waals surface area contributed by atoms with Gasteiger partial charge in [0.05, 0.1) is 12.2 Å². The van der Waals surface area contributed by atoms with Crippen molar-refractivity contribution in [2.45, 2.75) is 25.9 Å². The van der Waals surface area contributed by atoms with Gasteiger partial charge in [-0.3, -0.25) is 5.43 Å². The van der Waals surface area contributed by atoms with Crippen LogP contribution in [0.2, 0.25) is 0 Å². The molecule has 0 saturated heterocycles. The standard InChI is InChI=1S/C28H27N3O4/c1-28(2)16-20-14-21(9-11-23(20)35-28)29-27(32)31-17-22(26(30-31)18-6-4-3-5-7-18)19-8-10-24-25(15-19)34-13-12-33-24/h3-11,14-15,30H,12-13,16-17H2,1-2H3,(H,29,32). The molecule has 3 aliphatic rings. The molecule has 3 heterocycles. The second kappa shape index (κ2) is 8.27. The third-order valence-corrected chi connectivity index (χ3v) is 6.38. The Morgan fingerprint density at radius 3 is 2.51 bits per heavy atom. The molecule has 3 aromatic carbocycles. The number of anilines is 1. The molecule has 0 spiro atoms. The van der Waals surface area contributed by atoms with Gasteiger partial charge in [0.2, 0.25) is 0 Å². The van der Waals surface area contributed by atoms with E-state index in [1.807, 2.05) is 66.7 Å². The number of rotatable bonds is 3. The molecule has 0 fully saturated rings. The molecular weight excluding hydrogens is 442 g/mol. The molecule has 3 aliphatic heterocycles. The maximum atomic E-state index is 13.3. The maximum absolute atomic E-state index is 13.3. The molecule has 0 aliphatic carbocycles. The van der Waals surface area contributed by atoms with Crippen LogP contribution in [0.4, 0.5) is 10.5 Å². The smallest absolute Gasteiger partial charge is 0.340 e. The van der Waals surface area contributed by atoms with Crippen LogP contribution in [0.5, 0.6) is 17.2 Å². The Hall–Kier alpha value is -4.13. The van der Waals surface area contributed by atoms with Crippen molar-refractivity contribution in [1.82, 2.24) is 10.4 Å². The lowest BCUT2D eigenvalue weighted by molar-refractivity contribution is 0.138. The van der Waals surface area contributed by atoms with E-state index in [2.05, 4.69) is 24.6 Å². The number of carbonyl (C=O) groups is 1. The van der Waals surface area contributed by atoms with Gasteiger partial charge in [-0.2, -0.15) is 0 Å². The number of fused-ring (bicyclic) bond motifs is 2. The van der Waals surface area contributed by atoms with Crippen molar-refractivity contribution in [1.29, 1.82) is 0 Å². The summed E-state index contributed by atoms with van der Waals surface area (Å²) < 4.78 is 17.4. The number of amides is 2. The Balaban J connectivity index is 1.26. The Labute approximate surface area is 204 Å². The molecule has 0 saturated carbocycles. The van der Waals surface area contributed by atoms with E-state index in [0.29, 0.717) is 19.8 Å². The third-order valence-electron chi connectivity index (χ3n) is 6.38. The molecule has 0 aromatic heterocycles. The van der Waals surface area contributed by atoms with Crippen molar-refractivity contribution in [3.63, 3.8) is 0 Å². The van der Waals surface area contributed by atoms with Crippen molar-refractivity contribution in [3.05, 3.63) is 83.4 Å². The maximum Gasteiger partial charge on any atom is 0.340 e. The monoisotopic (exact) mass is 469 g/mol. The molecule has 178 valence electrons. The predicted molar refractivity (Wildman–Crippen MR) is 134 cm³/mol. The van der Waals surface area contributed by atoms with Crippen LogP contribution in [0.1, 0.15) is 30.5 Å². The highest BCUT2D eigenvalue weighted by Gasteiger charge is 2.31. The number of ether oxygens (including phenoxy) is 3. The van der Waals surface area contributed by atoms with Crippen LogP contribution in [-0.4, -0.2) is 36.4 Å². The minimum Gasteiger partial charge on any atom is -0.487 e. The summed E-state index contributed by atoms with van der Waals surface area (Å²) in [5.74, 6) is 2.34. The summed E-state index contributed by atoms with van der Waals surface area (Å²) in [6, 6.07) is 21.5. The highest BCUT2D eigenvalue weighted by Crippen LogP contribution is 2.38. The Morgan fingerprint density at radius 1 is 0.914 bits per heavy atom. The minimum atomic E-state index is -0.232. The van der Waals surface area contributed by atoms with Gasteiger partial charge in [0.25, 0.3) is 0 Å². The molecule has 2 N–H and O–H groups in total. The lowest BCUT2D eigenvalue weighted by Gasteiger charge is -2.20. The summed E-state index contributed by atoms with van der Waals surface area (Å²) in [5, 5.41) is 4.63. The van der Waals surface area contributed by atoms with Gasteiger partial charge in [0, 0.05) is 23.2 Å². The quantitative estimate of drug-likeness (QED) is 0.559. The average molecular weight is 470 g/mol. The van der Waals surface area contributed by atoms with Crippen molar-refractivity contribution in [3.8, 4) is 17.2 Å². The van der Waals surface area contributed by atoms with E-state index in [9.17, 15) is 4.79 Å². The normalized spacial score (nSPS) is 17.5. The third kappa shape index (κ3) is 4.14. The van der Waals surface area contributed by atoms with Crippen LogP contribution in [-0.2, 0) is 6.42 Å². The molecule has 7 heteroatoms. The van der Waals surface area contributed by atoms with Crippen molar-refractivity contribution in [2.75, 3.05) is 25.1 Å². The van der Waals surface area contributed by atoms with Gasteiger partial charge >= 0.3 is 6.03 Å². The second-order valence-electron chi connectivity index (χ2n) is 9.57. The summed E-state index contributed by atoms with van der Waals surface area (Å²) in [5.41, 5.74) is 8.82. The number of hydrogen-bond donors (Lipinski definition) is 2. The van der Waals surface area contributed by atoms with E-state index in [4.69, 9.17) is 14.2 Å². The van der Waals surface area contributed by atoms with Crippen LogP contribution in [0.3, 0.4) is 0 Å². The van der Waals surface area contributed by atoms with Gasteiger partial charge in [-0.1, -0.05) is 36.4 Å². The van der Waals surface area contributed by atoms with Crippen LogP contribution in [0, 0.1) is 0 Å². The number of benzene rings is 3. The van der Waals surface area contributed by atoms with Gasteiger partial charge in [-0.05, 0) is 55.3 Å². The van der Waals surface area contributed by atoms with E-state index in [1.54, 1.807) is 5.01 Å². The molecule has 3 aromatic rings. The fourth-order valence-corrected chi connectivity index (χ4v) is 4.79. The van der Waals surface area contributed by atoms with Gasteiger partial charge < -0.3 is 19.5 Å². The highest BCUT2D eigenvalue weighted by molar-refractivity contribution is 5.98. The largest absolute Gasteiger partial charge is 0.487 e. The first-order valence-corrected chi connectivity index (χ1v) is 11.8. The molecule has 6 rings (SSSR count). The topological polar surface area (TPSA) is 72.1 Å².